The van der Waals surface area contributed by atoms with Gasteiger partial charge in [0, 0.05) is 20.6 Å². The Kier molecular flexibility index (Phi) is 5.51. The molecule has 118 valence electrons. The predicted octanol–water partition coefficient (Wildman–Crippen LogP) is 2.37. The van der Waals surface area contributed by atoms with E-state index in [1.54, 1.807) is 0 Å². The van der Waals surface area contributed by atoms with Gasteiger partial charge in [0.1, 0.15) is 4.88 Å². The maximum absolute atomic E-state index is 12.2. The van der Waals surface area contributed by atoms with Gasteiger partial charge in [-0.3, -0.25) is 4.79 Å². The highest BCUT2D eigenvalue weighted by Gasteiger charge is 2.16. The van der Waals surface area contributed by atoms with Crippen LogP contribution in [0.3, 0.4) is 0 Å². The van der Waals surface area contributed by atoms with E-state index in [-0.39, 0.29) is 5.91 Å². The largest absolute Gasteiger partial charge is 0.388 e. The summed E-state index contributed by atoms with van der Waals surface area (Å²) in [4.78, 5) is 19.0. The van der Waals surface area contributed by atoms with Crippen molar-refractivity contribution in [1.29, 1.82) is 0 Å². The second-order valence-electron chi connectivity index (χ2n) is 5.28. The number of anilines is 1. The highest BCUT2D eigenvalue weighted by Crippen LogP contribution is 2.24. The van der Waals surface area contributed by atoms with Crippen molar-refractivity contribution in [3.63, 3.8) is 0 Å². The number of nitrogens with one attached hydrogen (secondary N) is 1. The van der Waals surface area contributed by atoms with Gasteiger partial charge in [0.2, 0.25) is 0 Å². The number of rotatable bonds is 6. The lowest BCUT2D eigenvalue weighted by molar-refractivity contribution is 0.0946. The van der Waals surface area contributed by atoms with E-state index < -0.39 is 6.10 Å². The molecule has 1 aromatic heterocycles. The minimum atomic E-state index is -0.568. The summed E-state index contributed by atoms with van der Waals surface area (Å²) in [5.74, 6) is -0.136. The third-order valence-electron chi connectivity index (χ3n) is 3.26. The molecule has 5 nitrogen and oxygen atoms in total. The Morgan fingerprint density at radius 2 is 2.05 bits per heavy atom. The van der Waals surface area contributed by atoms with Crippen LogP contribution in [0.4, 0.5) is 5.13 Å². The fourth-order valence-electron chi connectivity index (χ4n) is 2.03. The average Bonchev–Trinajstić information content (AvgIpc) is 2.90. The van der Waals surface area contributed by atoms with Crippen LogP contribution >= 0.6 is 11.3 Å². The summed E-state index contributed by atoms with van der Waals surface area (Å²) < 4.78 is 0. The van der Waals surface area contributed by atoms with E-state index in [2.05, 4.69) is 10.3 Å². The number of hydrogen-bond acceptors (Lipinski definition) is 5. The summed E-state index contributed by atoms with van der Waals surface area (Å²) in [6, 6.07) is 9.44. The minimum absolute atomic E-state index is 0.136. The number of hydrogen-bond donors (Lipinski definition) is 2. The van der Waals surface area contributed by atoms with Crippen LogP contribution in [0, 0.1) is 6.92 Å². The zero-order chi connectivity index (χ0) is 16.1. The number of aliphatic hydroxyl groups excluding tert-OH is 1. The van der Waals surface area contributed by atoms with Gasteiger partial charge in [0.15, 0.2) is 5.13 Å². The van der Waals surface area contributed by atoms with E-state index in [1.807, 2.05) is 56.3 Å². The van der Waals surface area contributed by atoms with Crippen molar-refractivity contribution in [2.75, 3.05) is 25.5 Å². The minimum Gasteiger partial charge on any atom is -0.388 e. The van der Waals surface area contributed by atoms with Crippen LogP contribution in [0.2, 0.25) is 0 Å². The Morgan fingerprint density at radius 3 is 2.64 bits per heavy atom. The number of nitrogens with zero attached hydrogens (tertiary/aromatic N) is 2. The number of amides is 1. The third-order valence-corrected chi connectivity index (χ3v) is 4.59. The van der Waals surface area contributed by atoms with E-state index in [0.717, 1.165) is 16.4 Å². The van der Waals surface area contributed by atoms with Gasteiger partial charge in [0.05, 0.1) is 11.8 Å². The molecule has 2 rings (SSSR count). The summed E-state index contributed by atoms with van der Waals surface area (Å²) in [5, 5.41) is 13.7. The first-order chi connectivity index (χ1) is 10.5. The molecule has 0 bridgehead atoms. The number of benzene rings is 1. The zero-order valence-corrected chi connectivity index (χ0v) is 13.9. The average molecular weight is 319 g/mol. The number of aliphatic hydroxyl groups is 1. The molecule has 0 aliphatic carbocycles. The van der Waals surface area contributed by atoms with Crippen LogP contribution in [-0.4, -0.2) is 36.6 Å². The van der Waals surface area contributed by atoms with Crippen LogP contribution in [0.25, 0.3) is 0 Å². The van der Waals surface area contributed by atoms with E-state index in [9.17, 15) is 9.90 Å². The molecule has 0 radical (unpaired) electrons. The van der Waals surface area contributed by atoms with Gasteiger partial charge in [-0.15, -0.1) is 0 Å². The highest BCUT2D eigenvalue weighted by atomic mass is 32.1. The number of aromatic nitrogens is 1. The van der Waals surface area contributed by atoms with E-state index in [0.29, 0.717) is 17.8 Å². The smallest absolute Gasteiger partial charge is 0.263 e. The Labute approximate surface area is 134 Å². The van der Waals surface area contributed by atoms with Gasteiger partial charge in [0.25, 0.3) is 5.91 Å². The van der Waals surface area contributed by atoms with Gasteiger partial charge in [-0.1, -0.05) is 41.7 Å². The second-order valence-corrected chi connectivity index (χ2v) is 6.25. The van der Waals surface area contributed by atoms with Crippen LogP contribution in [0.15, 0.2) is 30.3 Å². The van der Waals surface area contributed by atoms with Crippen molar-refractivity contribution in [2.45, 2.75) is 19.4 Å². The first-order valence-electron chi connectivity index (χ1n) is 7.15. The van der Waals surface area contributed by atoms with Gasteiger partial charge in [-0.2, -0.15) is 0 Å². The summed E-state index contributed by atoms with van der Waals surface area (Å²) >= 11 is 1.37. The summed E-state index contributed by atoms with van der Waals surface area (Å²) in [7, 11) is 3.80. The lowest BCUT2D eigenvalue weighted by Gasteiger charge is -2.11. The molecule has 0 saturated heterocycles. The molecule has 1 aromatic carbocycles. The monoisotopic (exact) mass is 319 g/mol. The Morgan fingerprint density at radius 1 is 1.36 bits per heavy atom. The Hall–Kier alpha value is -1.92. The van der Waals surface area contributed by atoms with Crippen LogP contribution in [-0.2, 0) is 0 Å². The zero-order valence-electron chi connectivity index (χ0n) is 13.0. The van der Waals surface area contributed by atoms with Crippen molar-refractivity contribution in [1.82, 2.24) is 10.3 Å². The first-order valence-corrected chi connectivity index (χ1v) is 7.96. The van der Waals surface area contributed by atoms with Crippen molar-refractivity contribution in [3.8, 4) is 0 Å². The predicted molar refractivity (Wildman–Crippen MR) is 89.5 cm³/mol. The molecule has 0 aliphatic heterocycles. The summed E-state index contributed by atoms with van der Waals surface area (Å²) in [6.07, 6.45) is -0.0879. The quantitative estimate of drug-likeness (QED) is 0.858. The molecule has 1 atom stereocenters. The van der Waals surface area contributed by atoms with Crippen LogP contribution in [0.1, 0.15) is 33.5 Å². The van der Waals surface area contributed by atoms with E-state index in [1.165, 1.54) is 11.3 Å². The van der Waals surface area contributed by atoms with Crippen molar-refractivity contribution >= 4 is 22.4 Å². The maximum atomic E-state index is 12.2. The fraction of sp³-hybridized carbons (Fsp3) is 0.375. The van der Waals surface area contributed by atoms with Gasteiger partial charge < -0.3 is 15.3 Å². The summed E-state index contributed by atoms with van der Waals surface area (Å²) in [6.45, 7) is 2.25. The molecule has 22 heavy (non-hydrogen) atoms. The molecule has 6 heteroatoms. The molecule has 0 saturated carbocycles. The molecule has 2 aromatic rings. The molecule has 1 heterocycles. The number of aryl methyl sites for hydroxylation is 1. The second kappa shape index (κ2) is 7.38. The van der Waals surface area contributed by atoms with Gasteiger partial charge in [-0.05, 0) is 18.9 Å². The lowest BCUT2D eigenvalue weighted by Crippen LogP contribution is -2.25. The van der Waals surface area contributed by atoms with Crippen molar-refractivity contribution < 1.29 is 9.90 Å². The third kappa shape index (κ3) is 4.05. The van der Waals surface area contributed by atoms with Crippen molar-refractivity contribution in [2.24, 2.45) is 0 Å². The van der Waals surface area contributed by atoms with Gasteiger partial charge >= 0.3 is 0 Å². The standard InChI is InChI=1S/C16H21N3O2S/c1-11-14(22-16(18-11)19(2)3)15(21)17-10-9-13(20)12-7-5-4-6-8-12/h4-8,13,20H,9-10H2,1-3H3,(H,17,21). The SMILES string of the molecule is Cc1nc(N(C)C)sc1C(=O)NCCC(O)c1ccccc1. The van der Waals surface area contributed by atoms with Crippen LogP contribution < -0.4 is 10.2 Å². The summed E-state index contributed by atoms with van der Waals surface area (Å²) in [5.41, 5.74) is 1.59. The van der Waals surface area contributed by atoms with Crippen LogP contribution in [0.5, 0.6) is 0 Å². The van der Waals surface area contributed by atoms with E-state index in [4.69, 9.17) is 0 Å². The Bertz CT molecular complexity index is 626. The molecule has 1 unspecified atom stereocenters. The fourth-order valence-corrected chi connectivity index (χ4v) is 2.93. The molecule has 0 spiro atoms. The lowest BCUT2D eigenvalue weighted by atomic mass is 10.1. The number of carbonyl (C=O) groups excluding carboxylic acids is 1. The maximum Gasteiger partial charge on any atom is 0.263 e. The normalized spacial score (nSPS) is 12.0. The molecular weight excluding hydrogens is 298 g/mol. The topological polar surface area (TPSA) is 65.5 Å². The Balaban J connectivity index is 1.88. The molecule has 2 N–H and O–H groups in total. The molecule has 0 aliphatic rings. The molecule has 0 fully saturated rings. The van der Waals surface area contributed by atoms with E-state index >= 15 is 0 Å². The number of thiazole rings is 1. The highest BCUT2D eigenvalue weighted by molar-refractivity contribution is 7.17. The van der Waals surface area contributed by atoms with Crippen molar-refractivity contribution in [3.05, 3.63) is 46.5 Å². The number of carbonyl (C=O) groups is 1. The first kappa shape index (κ1) is 16.5. The van der Waals surface area contributed by atoms with Gasteiger partial charge in [-0.25, -0.2) is 4.98 Å². The molecule has 1 amide bonds. The molecular formula is C16H21N3O2S.